The monoisotopic (exact) mass is 221 g/mol. The molecule has 1 heterocycles. The van der Waals surface area contributed by atoms with Crippen molar-refractivity contribution in [2.24, 2.45) is 5.14 Å². The largest absolute Gasteiger partial charge is 0.314 e. The summed E-state index contributed by atoms with van der Waals surface area (Å²) in [5.74, 6) is 0. The van der Waals surface area contributed by atoms with Crippen molar-refractivity contribution >= 4 is 10.2 Å². The number of hydrogen-bond donors (Lipinski definition) is 2. The third kappa shape index (κ3) is 3.20. The van der Waals surface area contributed by atoms with Crippen molar-refractivity contribution in [2.75, 3.05) is 19.6 Å². The summed E-state index contributed by atoms with van der Waals surface area (Å²) in [7, 11) is -3.51. The van der Waals surface area contributed by atoms with Crippen LogP contribution in [0.1, 0.15) is 26.2 Å². The number of rotatable bonds is 4. The molecule has 1 aliphatic heterocycles. The molecule has 84 valence electrons. The maximum atomic E-state index is 11.2. The fourth-order valence-corrected chi connectivity index (χ4v) is 2.70. The number of unbranched alkanes of at least 4 members (excludes halogenated alkanes) is 1. The quantitative estimate of drug-likeness (QED) is 0.681. The second-order valence-electron chi connectivity index (χ2n) is 3.66. The van der Waals surface area contributed by atoms with Crippen molar-refractivity contribution in [2.45, 2.75) is 32.2 Å². The Balaban J connectivity index is 2.60. The van der Waals surface area contributed by atoms with Gasteiger partial charge in [0.05, 0.1) is 0 Å². The maximum absolute atomic E-state index is 11.2. The smallest absolute Gasteiger partial charge is 0.277 e. The third-order valence-corrected chi connectivity index (χ3v) is 3.65. The van der Waals surface area contributed by atoms with Crippen molar-refractivity contribution in [3.8, 4) is 0 Å². The van der Waals surface area contributed by atoms with Crippen LogP contribution in [0.3, 0.4) is 0 Å². The van der Waals surface area contributed by atoms with E-state index in [9.17, 15) is 8.42 Å². The van der Waals surface area contributed by atoms with E-state index < -0.39 is 10.2 Å². The molecule has 6 heteroatoms. The molecule has 0 bridgehead atoms. The van der Waals surface area contributed by atoms with Crippen molar-refractivity contribution < 1.29 is 8.42 Å². The van der Waals surface area contributed by atoms with Gasteiger partial charge in [0.1, 0.15) is 0 Å². The summed E-state index contributed by atoms with van der Waals surface area (Å²) in [6.45, 7) is 4.00. The lowest BCUT2D eigenvalue weighted by atomic mass is 10.1. The van der Waals surface area contributed by atoms with Crippen LogP contribution in [-0.4, -0.2) is 38.4 Å². The van der Waals surface area contributed by atoms with Gasteiger partial charge in [-0.25, -0.2) is 5.14 Å². The fraction of sp³-hybridized carbons (Fsp3) is 1.00. The molecule has 0 aromatic carbocycles. The van der Waals surface area contributed by atoms with Gasteiger partial charge < -0.3 is 5.32 Å². The fourth-order valence-electron chi connectivity index (χ4n) is 1.76. The first-order valence-electron chi connectivity index (χ1n) is 5.06. The highest BCUT2D eigenvalue weighted by molar-refractivity contribution is 7.86. The lowest BCUT2D eigenvalue weighted by molar-refractivity contribution is 0.252. The lowest BCUT2D eigenvalue weighted by Gasteiger charge is -2.33. The van der Waals surface area contributed by atoms with Crippen LogP contribution in [0.4, 0.5) is 0 Å². The molecule has 0 amide bonds. The van der Waals surface area contributed by atoms with Crippen molar-refractivity contribution in [3.63, 3.8) is 0 Å². The van der Waals surface area contributed by atoms with Gasteiger partial charge in [0.15, 0.2) is 0 Å². The normalized spacial score (nSPS) is 25.1. The van der Waals surface area contributed by atoms with Crippen LogP contribution in [0.15, 0.2) is 0 Å². The Hall–Kier alpha value is -0.170. The second kappa shape index (κ2) is 5.06. The molecule has 0 aromatic heterocycles. The number of piperazine rings is 1. The standard InChI is InChI=1S/C8H19N3O2S/c1-2-3-4-8-7-10-5-6-11(8)14(9,12)13/h8,10H,2-7H2,1H3,(H2,9,12,13). The van der Waals surface area contributed by atoms with E-state index in [-0.39, 0.29) is 6.04 Å². The van der Waals surface area contributed by atoms with E-state index >= 15 is 0 Å². The zero-order valence-electron chi connectivity index (χ0n) is 8.57. The molecule has 1 rings (SSSR count). The summed E-state index contributed by atoms with van der Waals surface area (Å²) < 4.78 is 23.9. The van der Waals surface area contributed by atoms with Gasteiger partial charge in [-0.05, 0) is 6.42 Å². The van der Waals surface area contributed by atoms with Gasteiger partial charge >= 0.3 is 0 Å². The first-order valence-corrected chi connectivity index (χ1v) is 6.56. The highest BCUT2D eigenvalue weighted by Gasteiger charge is 2.28. The molecule has 1 saturated heterocycles. The van der Waals surface area contributed by atoms with Crippen molar-refractivity contribution in [1.82, 2.24) is 9.62 Å². The second-order valence-corrected chi connectivity index (χ2v) is 5.15. The molecular weight excluding hydrogens is 202 g/mol. The SMILES string of the molecule is CCCCC1CNCCN1S(N)(=O)=O. The molecule has 14 heavy (non-hydrogen) atoms. The van der Waals surface area contributed by atoms with E-state index in [2.05, 4.69) is 12.2 Å². The molecular formula is C8H19N3O2S. The third-order valence-electron chi connectivity index (χ3n) is 2.51. The highest BCUT2D eigenvalue weighted by Crippen LogP contribution is 2.12. The summed E-state index contributed by atoms with van der Waals surface area (Å²) in [5, 5.41) is 8.33. The molecule has 0 aliphatic carbocycles. The molecule has 1 aliphatic rings. The minimum Gasteiger partial charge on any atom is -0.314 e. The Labute approximate surface area is 85.8 Å². The van der Waals surface area contributed by atoms with Crippen LogP contribution >= 0.6 is 0 Å². The highest BCUT2D eigenvalue weighted by atomic mass is 32.2. The Kier molecular flexibility index (Phi) is 4.31. The van der Waals surface area contributed by atoms with Gasteiger partial charge in [-0.15, -0.1) is 0 Å². The minimum atomic E-state index is -3.51. The average Bonchev–Trinajstić information content (AvgIpc) is 2.14. The van der Waals surface area contributed by atoms with Crippen LogP contribution in [0, 0.1) is 0 Å². The molecule has 3 N–H and O–H groups in total. The topological polar surface area (TPSA) is 75.4 Å². The van der Waals surface area contributed by atoms with Crippen LogP contribution < -0.4 is 10.5 Å². The summed E-state index contributed by atoms with van der Waals surface area (Å²) >= 11 is 0. The number of hydrogen-bond acceptors (Lipinski definition) is 3. The van der Waals surface area contributed by atoms with Gasteiger partial charge in [0.25, 0.3) is 10.2 Å². The molecule has 5 nitrogen and oxygen atoms in total. The maximum Gasteiger partial charge on any atom is 0.277 e. The lowest BCUT2D eigenvalue weighted by Crippen LogP contribution is -2.55. The summed E-state index contributed by atoms with van der Waals surface area (Å²) in [6.07, 6.45) is 3.01. The first-order chi connectivity index (χ1) is 6.55. The van der Waals surface area contributed by atoms with E-state index in [0.717, 1.165) is 25.8 Å². The van der Waals surface area contributed by atoms with Crippen molar-refractivity contribution in [1.29, 1.82) is 0 Å². The van der Waals surface area contributed by atoms with E-state index in [1.807, 2.05) is 0 Å². The van der Waals surface area contributed by atoms with Gasteiger partial charge in [-0.2, -0.15) is 12.7 Å². The molecule has 0 saturated carbocycles. The van der Waals surface area contributed by atoms with E-state index in [4.69, 9.17) is 5.14 Å². The van der Waals surface area contributed by atoms with Gasteiger partial charge in [-0.3, -0.25) is 0 Å². The average molecular weight is 221 g/mol. The zero-order chi connectivity index (χ0) is 10.6. The number of nitrogens with one attached hydrogen (secondary N) is 1. The first kappa shape index (κ1) is 11.9. The molecule has 0 spiro atoms. The molecule has 1 atom stereocenters. The van der Waals surface area contributed by atoms with Gasteiger partial charge in [-0.1, -0.05) is 19.8 Å². The Morgan fingerprint density at radius 1 is 1.57 bits per heavy atom. The number of nitrogens with two attached hydrogens (primary N) is 1. The van der Waals surface area contributed by atoms with E-state index in [1.165, 1.54) is 4.31 Å². The van der Waals surface area contributed by atoms with Gasteiger partial charge in [0, 0.05) is 25.7 Å². The predicted molar refractivity (Wildman–Crippen MR) is 56.0 cm³/mol. The van der Waals surface area contributed by atoms with Crippen LogP contribution in [-0.2, 0) is 10.2 Å². The zero-order valence-corrected chi connectivity index (χ0v) is 9.39. The van der Waals surface area contributed by atoms with Crippen molar-refractivity contribution in [3.05, 3.63) is 0 Å². The number of nitrogens with zero attached hydrogens (tertiary/aromatic N) is 1. The van der Waals surface area contributed by atoms with Crippen LogP contribution in [0.25, 0.3) is 0 Å². The van der Waals surface area contributed by atoms with E-state index in [0.29, 0.717) is 13.1 Å². The summed E-state index contributed by atoms with van der Waals surface area (Å²) in [6, 6.07) is 0.0405. The Bertz CT molecular complexity index is 266. The predicted octanol–water partition coefficient (Wildman–Crippen LogP) is -0.346. The van der Waals surface area contributed by atoms with Gasteiger partial charge in [0.2, 0.25) is 0 Å². The minimum absolute atomic E-state index is 0.0405. The molecule has 0 radical (unpaired) electrons. The summed E-state index contributed by atoms with van der Waals surface area (Å²) in [5.41, 5.74) is 0. The van der Waals surface area contributed by atoms with Crippen LogP contribution in [0.5, 0.6) is 0 Å². The Morgan fingerprint density at radius 3 is 2.86 bits per heavy atom. The molecule has 1 unspecified atom stereocenters. The molecule has 0 aromatic rings. The van der Waals surface area contributed by atoms with Crippen LogP contribution in [0.2, 0.25) is 0 Å². The summed E-state index contributed by atoms with van der Waals surface area (Å²) in [4.78, 5) is 0. The Morgan fingerprint density at radius 2 is 2.29 bits per heavy atom. The van der Waals surface area contributed by atoms with E-state index in [1.54, 1.807) is 0 Å². The molecule has 1 fully saturated rings.